The van der Waals surface area contributed by atoms with Crippen LogP contribution in [0.4, 0.5) is 5.69 Å². The highest BCUT2D eigenvalue weighted by atomic mass is 127. The van der Waals surface area contributed by atoms with Crippen LogP contribution in [0.3, 0.4) is 0 Å². The number of halogens is 3. The molecule has 0 aliphatic heterocycles. The van der Waals surface area contributed by atoms with E-state index in [1.165, 1.54) is 0 Å². The van der Waals surface area contributed by atoms with Crippen LogP contribution in [0.2, 0.25) is 0 Å². The molecule has 0 spiro atoms. The first-order valence-corrected chi connectivity index (χ1v) is 12.1. The molecular formula is C17H24I3N3O7. The van der Waals surface area contributed by atoms with Gasteiger partial charge in [0.1, 0.15) is 6.73 Å². The lowest BCUT2D eigenvalue weighted by Crippen LogP contribution is -2.37. The third-order valence-electron chi connectivity index (χ3n) is 3.74. The summed E-state index contributed by atoms with van der Waals surface area (Å²) in [4.78, 5) is 25.6. The number of carbonyl (C=O) groups excluding carboxylic acids is 2. The first kappa shape index (κ1) is 28.0. The maximum atomic E-state index is 12.8. The highest BCUT2D eigenvalue weighted by Crippen LogP contribution is 2.35. The SMILES string of the molecule is CCOCNc1c(I)c(C(=O)NCC(O)CO)c(I)c(C(=O)NCC(O)CO)c1I. The number of anilines is 1. The van der Waals surface area contributed by atoms with E-state index in [2.05, 4.69) is 16.0 Å². The van der Waals surface area contributed by atoms with Crippen molar-refractivity contribution >= 4 is 85.3 Å². The van der Waals surface area contributed by atoms with E-state index < -0.39 is 37.2 Å². The minimum absolute atomic E-state index is 0.153. The highest BCUT2D eigenvalue weighted by Gasteiger charge is 2.28. The Balaban J connectivity index is 3.38. The molecule has 0 bridgehead atoms. The number of nitrogens with one attached hydrogen (secondary N) is 3. The van der Waals surface area contributed by atoms with Crippen molar-refractivity contribution in [1.29, 1.82) is 0 Å². The van der Waals surface area contributed by atoms with Gasteiger partial charge >= 0.3 is 0 Å². The molecule has 0 aliphatic carbocycles. The molecule has 0 aliphatic rings. The van der Waals surface area contributed by atoms with E-state index in [1.54, 1.807) is 0 Å². The average Bonchev–Trinajstić information content (AvgIpc) is 2.72. The second-order valence-corrected chi connectivity index (χ2v) is 9.21. The lowest BCUT2D eigenvalue weighted by molar-refractivity contribution is 0.0798. The van der Waals surface area contributed by atoms with E-state index in [0.717, 1.165) is 0 Å². The quantitative estimate of drug-likeness (QED) is 0.0896. The second-order valence-electron chi connectivity index (χ2n) is 5.97. The van der Waals surface area contributed by atoms with Gasteiger partial charge in [-0.05, 0) is 74.7 Å². The zero-order valence-electron chi connectivity index (χ0n) is 16.0. The van der Waals surface area contributed by atoms with E-state index >= 15 is 0 Å². The van der Waals surface area contributed by atoms with Gasteiger partial charge in [0.25, 0.3) is 11.8 Å². The van der Waals surface area contributed by atoms with Gasteiger partial charge < -0.3 is 41.1 Å². The number of rotatable bonds is 12. The second kappa shape index (κ2) is 14.2. The average molecular weight is 763 g/mol. The molecule has 0 saturated carbocycles. The summed E-state index contributed by atoms with van der Waals surface area (Å²) in [5.41, 5.74) is 0.994. The Morgan fingerprint density at radius 3 is 1.70 bits per heavy atom. The third kappa shape index (κ3) is 7.82. The molecule has 170 valence electrons. The number of benzene rings is 1. The molecule has 2 amide bonds. The molecule has 1 rings (SSSR count). The van der Waals surface area contributed by atoms with Gasteiger partial charge in [-0.2, -0.15) is 0 Å². The van der Waals surface area contributed by atoms with E-state index in [9.17, 15) is 19.8 Å². The molecule has 2 unspecified atom stereocenters. The van der Waals surface area contributed by atoms with Crippen LogP contribution in [0, 0.1) is 10.7 Å². The molecule has 2 atom stereocenters. The largest absolute Gasteiger partial charge is 0.394 e. The summed E-state index contributed by atoms with van der Waals surface area (Å²) in [6, 6.07) is 0. The van der Waals surface area contributed by atoms with Crippen LogP contribution >= 0.6 is 67.8 Å². The zero-order chi connectivity index (χ0) is 22.8. The van der Waals surface area contributed by atoms with E-state index in [4.69, 9.17) is 14.9 Å². The number of aliphatic hydroxyl groups is 4. The van der Waals surface area contributed by atoms with Crippen molar-refractivity contribution in [2.24, 2.45) is 0 Å². The van der Waals surface area contributed by atoms with E-state index in [0.29, 0.717) is 23.0 Å². The van der Waals surface area contributed by atoms with Crippen LogP contribution in [0.1, 0.15) is 27.6 Å². The summed E-state index contributed by atoms with van der Waals surface area (Å²) in [5, 5.41) is 45.1. The lowest BCUT2D eigenvalue weighted by Gasteiger charge is -2.20. The minimum Gasteiger partial charge on any atom is -0.394 e. The van der Waals surface area contributed by atoms with Crippen molar-refractivity contribution in [2.75, 3.05) is 45.0 Å². The Morgan fingerprint density at radius 2 is 1.33 bits per heavy atom. The maximum Gasteiger partial charge on any atom is 0.253 e. The Kier molecular flexibility index (Phi) is 13.2. The first-order chi connectivity index (χ1) is 14.2. The van der Waals surface area contributed by atoms with Gasteiger partial charge in [-0.15, -0.1) is 0 Å². The maximum absolute atomic E-state index is 12.8. The third-order valence-corrected chi connectivity index (χ3v) is 6.98. The van der Waals surface area contributed by atoms with Crippen molar-refractivity contribution in [2.45, 2.75) is 19.1 Å². The molecule has 0 fully saturated rings. The predicted octanol–water partition coefficient (Wildman–Crippen LogP) is 0.0723. The smallest absolute Gasteiger partial charge is 0.253 e. The van der Waals surface area contributed by atoms with Crippen molar-refractivity contribution in [3.05, 3.63) is 21.8 Å². The Bertz CT molecular complexity index is 699. The lowest BCUT2D eigenvalue weighted by atomic mass is 10.1. The first-order valence-electron chi connectivity index (χ1n) is 8.85. The Morgan fingerprint density at radius 1 is 0.900 bits per heavy atom. The zero-order valence-corrected chi connectivity index (χ0v) is 22.5. The van der Waals surface area contributed by atoms with E-state index in [-0.39, 0.29) is 30.9 Å². The number of aliphatic hydroxyl groups excluding tert-OH is 4. The molecule has 0 radical (unpaired) electrons. The van der Waals surface area contributed by atoms with Crippen LogP contribution in [-0.2, 0) is 4.74 Å². The Labute approximate surface area is 214 Å². The standard InChI is InChI=1S/C17H24I3N3O7/c1-2-30-7-23-15-13(19)10(16(28)21-3-8(26)5-24)12(18)11(14(15)20)17(29)22-4-9(27)6-25/h8-9,23-27H,2-7H2,1H3,(H,21,28)(H,22,29). The predicted molar refractivity (Wildman–Crippen MR) is 136 cm³/mol. The topological polar surface area (TPSA) is 160 Å². The minimum atomic E-state index is -1.11. The van der Waals surface area contributed by atoms with Crippen LogP contribution in [-0.4, -0.2) is 84.1 Å². The van der Waals surface area contributed by atoms with Gasteiger partial charge in [-0.3, -0.25) is 9.59 Å². The number of amides is 2. The van der Waals surface area contributed by atoms with Gasteiger partial charge in [-0.25, -0.2) is 0 Å². The summed E-state index contributed by atoms with van der Waals surface area (Å²) < 4.78 is 6.83. The molecule has 1 aromatic carbocycles. The van der Waals surface area contributed by atoms with Crippen molar-refractivity contribution in [3.63, 3.8) is 0 Å². The molecule has 13 heteroatoms. The molecular weight excluding hydrogens is 739 g/mol. The fourth-order valence-corrected chi connectivity index (χ4v) is 6.70. The van der Waals surface area contributed by atoms with E-state index in [1.807, 2.05) is 74.7 Å². The van der Waals surface area contributed by atoms with Gasteiger partial charge in [-0.1, -0.05) is 0 Å². The molecule has 0 aromatic heterocycles. The van der Waals surface area contributed by atoms with Crippen molar-refractivity contribution in [3.8, 4) is 0 Å². The highest BCUT2D eigenvalue weighted by molar-refractivity contribution is 14.1. The number of ether oxygens (including phenoxy) is 1. The number of hydrogen-bond donors (Lipinski definition) is 7. The molecule has 30 heavy (non-hydrogen) atoms. The van der Waals surface area contributed by atoms with Crippen LogP contribution in [0.25, 0.3) is 0 Å². The fraction of sp³-hybridized carbons (Fsp3) is 0.529. The van der Waals surface area contributed by atoms with Crippen LogP contribution in [0.15, 0.2) is 0 Å². The summed E-state index contributed by atoms with van der Waals surface area (Å²) >= 11 is 5.90. The molecule has 0 heterocycles. The Hall–Kier alpha value is -0.0500. The summed E-state index contributed by atoms with van der Waals surface area (Å²) in [6.07, 6.45) is -2.21. The summed E-state index contributed by atoms with van der Waals surface area (Å²) in [5.74, 6) is -1.03. The van der Waals surface area contributed by atoms with Gasteiger partial charge in [0, 0.05) is 23.3 Å². The van der Waals surface area contributed by atoms with Gasteiger partial charge in [0.2, 0.25) is 0 Å². The van der Waals surface area contributed by atoms with Gasteiger partial charge in [0.15, 0.2) is 0 Å². The van der Waals surface area contributed by atoms with Gasteiger partial charge in [0.05, 0.1) is 49.4 Å². The summed E-state index contributed by atoms with van der Waals surface area (Å²) in [7, 11) is 0. The van der Waals surface area contributed by atoms with Crippen LogP contribution < -0.4 is 16.0 Å². The molecule has 10 nitrogen and oxygen atoms in total. The normalized spacial score (nSPS) is 12.9. The molecule has 1 aromatic rings. The van der Waals surface area contributed by atoms with Crippen LogP contribution in [0.5, 0.6) is 0 Å². The van der Waals surface area contributed by atoms with Crippen molar-refractivity contribution in [1.82, 2.24) is 10.6 Å². The fourth-order valence-electron chi connectivity index (χ4n) is 2.17. The molecule has 7 N–H and O–H groups in total. The molecule has 0 saturated heterocycles. The number of hydrogen-bond acceptors (Lipinski definition) is 8. The number of carbonyl (C=O) groups is 2. The summed E-state index contributed by atoms with van der Waals surface area (Å²) in [6.45, 7) is 1.17. The monoisotopic (exact) mass is 763 g/mol. The van der Waals surface area contributed by atoms with Crippen molar-refractivity contribution < 1.29 is 34.8 Å².